The molecule has 0 aliphatic heterocycles. The van der Waals surface area contributed by atoms with Crippen molar-refractivity contribution < 1.29 is 14.0 Å². The lowest BCUT2D eigenvalue weighted by Gasteiger charge is -2.26. The minimum atomic E-state index is -2.72. The van der Waals surface area contributed by atoms with Gasteiger partial charge >= 0.3 is 0 Å². The number of benzene rings is 1. The highest BCUT2D eigenvalue weighted by Gasteiger charge is 2.27. The molecule has 1 rings (SSSR count). The minimum Gasteiger partial charge on any atom is -0.318 e. The third kappa shape index (κ3) is 5.64. The van der Waals surface area contributed by atoms with Crippen LogP contribution in [-0.4, -0.2) is 24.7 Å². The molecule has 0 saturated carbocycles. The maximum absolute atomic E-state index is 10.8. The van der Waals surface area contributed by atoms with Crippen LogP contribution in [-0.2, 0) is 20.9 Å². The van der Waals surface area contributed by atoms with Gasteiger partial charge in [0, 0.05) is 4.92 Å². The predicted octanol–water partition coefficient (Wildman–Crippen LogP) is 2.89. The van der Waals surface area contributed by atoms with Gasteiger partial charge in [0.15, 0.2) is 0 Å². The molecule has 112 valence electrons. The van der Waals surface area contributed by atoms with E-state index in [9.17, 15) is 10.1 Å². The molecule has 0 unspecified atom stereocenters. The molecule has 0 aromatic heterocycles. The Kier molecular flexibility index (Phi) is 7.26. The van der Waals surface area contributed by atoms with Crippen molar-refractivity contribution in [2.24, 2.45) is 0 Å². The van der Waals surface area contributed by atoms with Crippen LogP contribution in [0.25, 0.3) is 0 Å². The molecular formula is C12H19N2O4PS. The summed E-state index contributed by atoms with van der Waals surface area (Å²) in [4.78, 5) is 10.5. The topological polar surface area (TPSA) is 73.6 Å². The van der Waals surface area contributed by atoms with E-state index in [0.29, 0.717) is 13.2 Å². The molecule has 0 bridgehead atoms. The average Bonchev–Trinajstić information content (AvgIpc) is 2.39. The number of nitrogens with one attached hydrogen (secondary N) is 1. The molecule has 0 spiro atoms. The van der Waals surface area contributed by atoms with Gasteiger partial charge in [-0.15, -0.1) is 0 Å². The van der Waals surface area contributed by atoms with Crippen molar-refractivity contribution in [1.29, 1.82) is 0 Å². The monoisotopic (exact) mass is 318 g/mol. The summed E-state index contributed by atoms with van der Waals surface area (Å²) in [5, 5.41) is 13.9. The van der Waals surface area contributed by atoms with E-state index in [1.807, 2.05) is 44.2 Å². The van der Waals surface area contributed by atoms with Crippen molar-refractivity contribution in [3.63, 3.8) is 0 Å². The molecule has 8 heteroatoms. The fourth-order valence-electron chi connectivity index (χ4n) is 1.70. The van der Waals surface area contributed by atoms with Gasteiger partial charge < -0.3 is 9.05 Å². The molecule has 1 aromatic rings. The Balaban J connectivity index is 2.93. The fourth-order valence-corrected chi connectivity index (χ4v) is 4.23. The van der Waals surface area contributed by atoms with Crippen molar-refractivity contribution in [3.05, 3.63) is 46.0 Å². The summed E-state index contributed by atoms with van der Waals surface area (Å²) in [5.41, 5.74) is 0.790. The van der Waals surface area contributed by atoms with Gasteiger partial charge in [0.25, 0.3) is 6.64 Å². The van der Waals surface area contributed by atoms with Crippen LogP contribution in [0, 0.1) is 10.1 Å². The molecule has 0 saturated heterocycles. The Hall–Kier alpha value is -0.850. The zero-order valence-corrected chi connectivity index (χ0v) is 13.2. The highest BCUT2D eigenvalue weighted by Crippen LogP contribution is 2.46. The Bertz CT molecular complexity index is 462. The van der Waals surface area contributed by atoms with E-state index >= 15 is 0 Å². The zero-order valence-electron chi connectivity index (χ0n) is 11.5. The van der Waals surface area contributed by atoms with Gasteiger partial charge in [-0.2, -0.15) is 0 Å². The van der Waals surface area contributed by atoms with Crippen LogP contribution < -0.4 is 5.09 Å². The summed E-state index contributed by atoms with van der Waals surface area (Å²) >= 11 is 5.36. The second-order valence-electron chi connectivity index (χ2n) is 3.94. The van der Waals surface area contributed by atoms with E-state index in [1.165, 1.54) is 0 Å². The molecule has 1 atom stereocenters. The lowest BCUT2D eigenvalue weighted by molar-refractivity contribution is -0.484. The number of nitrogens with zero attached hydrogens (tertiary/aromatic N) is 1. The first kappa shape index (κ1) is 17.2. The second-order valence-corrected chi connectivity index (χ2v) is 7.15. The SMILES string of the molecule is CCOP(=S)(N[C@@H](C[N+](=O)[O-])c1ccccc1)OCC. The molecular weight excluding hydrogens is 299 g/mol. The van der Waals surface area contributed by atoms with E-state index in [4.69, 9.17) is 20.9 Å². The van der Waals surface area contributed by atoms with E-state index in [2.05, 4.69) is 5.09 Å². The lowest BCUT2D eigenvalue weighted by Crippen LogP contribution is -2.27. The Labute approximate surface area is 123 Å². The van der Waals surface area contributed by atoms with Gasteiger partial charge in [-0.05, 0) is 31.2 Å². The summed E-state index contributed by atoms with van der Waals surface area (Å²) in [7, 11) is 0. The van der Waals surface area contributed by atoms with Crippen molar-refractivity contribution in [1.82, 2.24) is 5.09 Å². The molecule has 0 amide bonds. The molecule has 1 aromatic carbocycles. The van der Waals surface area contributed by atoms with Crippen LogP contribution in [0.3, 0.4) is 0 Å². The van der Waals surface area contributed by atoms with Crippen LogP contribution in [0.5, 0.6) is 0 Å². The first-order chi connectivity index (χ1) is 9.50. The molecule has 20 heavy (non-hydrogen) atoms. The number of hydrogen-bond donors (Lipinski definition) is 1. The van der Waals surface area contributed by atoms with Crippen molar-refractivity contribution >= 4 is 18.4 Å². The number of nitro groups is 1. The number of hydrogen-bond acceptors (Lipinski definition) is 5. The third-order valence-electron chi connectivity index (χ3n) is 2.45. The van der Waals surface area contributed by atoms with Gasteiger partial charge in [0.1, 0.15) is 6.04 Å². The highest BCUT2D eigenvalue weighted by molar-refractivity contribution is 8.08. The lowest BCUT2D eigenvalue weighted by atomic mass is 10.1. The van der Waals surface area contributed by atoms with Crippen LogP contribution in [0.1, 0.15) is 25.5 Å². The first-order valence-electron chi connectivity index (χ1n) is 6.34. The van der Waals surface area contributed by atoms with Gasteiger partial charge in [0.05, 0.1) is 13.2 Å². The Morgan fingerprint density at radius 3 is 2.30 bits per heavy atom. The van der Waals surface area contributed by atoms with E-state index < -0.39 is 12.7 Å². The largest absolute Gasteiger partial charge is 0.318 e. The fraction of sp³-hybridized carbons (Fsp3) is 0.500. The predicted molar refractivity (Wildman–Crippen MR) is 81.7 cm³/mol. The summed E-state index contributed by atoms with van der Waals surface area (Å²) in [6, 6.07) is 8.62. The molecule has 6 nitrogen and oxygen atoms in total. The van der Waals surface area contributed by atoms with Crippen LogP contribution >= 0.6 is 6.64 Å². The Morgan fingerprint density at radius 1 is 1.30 bits per heavy atom. The van der Waals surface area contributed by atoms with Gasteiger partial charge in [0.2, 0.25) is 6.54 Å². The molecule has 0 aliphatic rings. The van der Waals surface area contributed by atoms with Gasteiger partial charge in [-0.3, -0.25) is 10.1 Å². The maximum Gasteiger partial charge on any atom is 0.261 e. The molecule has 0 radical (unpaired) electrons. The highest BCUT2D eigenvalue weighted by atomic mass is 32.5. The Morgan fingerprint density at radius 2 is 1.85 bits per heavy atom. The third-order valence-corrected chi connectivity index (χ3v) is 5.22. The minimum absolute atomic E-state index is 0.275. The normalized spacial score (nSPS) is 13.1. The van der Waals surface area contributed by atoms with E-state index in [1.54, 1.807) is 0 Å². The molecule has 0 fully saturated rings. The molecule has 0 aliphatic carbocycles. The quantitative estimate of drug-likeness (QED) is 0.429. The molecule has 1 N–H and O–H groups in total. The van der Waals surface area contributed by atoms with Crippen LogP contribution in [0.4, 0.5) is 0 Å². The summed E-state index contributed by atoms with van der Waals surface area (Å²) in [6.07, 6.45) is 0. The molecule has 0 heterocycles. The number of rotatable bonds is 9. The summed E-state index contributed by atoms with van der Waals surface area (Å²) in [6.45, 7) is 1.42. The van der Waals surface area contributed by atoms with Crippen molar-refractivity contribution in [2.75, 3.05) is 19.8 Å². The smallest absolute Gasteiger partial charge is 0.261 e. The van der Waals surface area contributed by atoms with Crippen LogP contribution in [0.15, 0.2) is 30.3 Å². The van der Waals surface area contributed by atoms with Crippen molar-refractivity contribution in [3.8, 4) is 0 Å². The van der Waals surface area contributed by atoms with Crippen molar-refractivity contribution in [2.45, 2.75) is 19.9 Å². The van der Waals surface area contributed by atoms with Gasteiger partial charge in [-0.1, -0.05) is 30.3 Å². The maximum atomic E-state index is 10.8. The second kappa shape index (κ2) is 8.44. The first-order valence-corrected chi connectivity index (χ1v) is 8.98. The summed E-state index contributed by atoms with van der Waals surface area (Å²) < 4.78 is 10.9. The zero-order chi connectivity index (χ0) is 15.0. The summed E-state index contributed by atoms with van der Waals surface area (Å²) in [5.74, 6) is 0. The van der Waals surface area contributed by atoms with E-state index in [0.717, 1.165) is 5.56 Å². The van der Waals surface area contributed by atoms with Crippen LogP contribution in [0.2, 0.25) is 0 Å². The van der Waals surface area contributed by atoms with Gasteiger partial charge in [-0.25, -0.2) is 5.09 Å². The average molecular weight is 318 g/mol. The standard InChI is InChI=1S/C12H19N2O4PS/c1-3-17-19(20,18-4-2)13-12(10-14(15)16)11-8-6-5-7-9-11/h5-9,12H,3-4,10H2,1-2H3,(H,13,20)/t12-/m0/s1. The van der Waals surface area contributed by atoms with E-state index in [-0.39, 0.29) is 11.5 Å².